The lowest BCUT2D eigenvalue weighted by Gasteiger charge is -2.36. The van der Waals surface area contributed by atoms with E-state index in [1.54, 1.807) is 0 Å². The number of hydrogen-bond donors (Lipinski definition) is 0. The van der Waals surface area contributed by atoms with Gasteiger partial charge in [-0.1, -0.05) is 13.8 Å². The molecule has 0 amide bonds. The van der Waals surface area contributed by atoms with Gasteiger partial charge in [-0.2, -0.15) is 0 Å². The molecule has 3 heteroatoms. The highest BCUT2D eigenvalue weighted by molar-refractivity contribution is 5.06. The van der Waals surface area contributed by atoms with Crippen molar-refractivity contribution >= 4 is 0 Å². The Morgan fingerprint density at radius 1 is 1.21 bits per heavy atom. The van der Waals surface area contributed by atoms with E-state index >= 15 is 0 Å². The minimum atomic E-state index is -0.370. The fraction of sp³-hybridized carbons (Fsp3) is 1.00. The lowest BCUT2D eigenvalue weighted by atomic mass is 9.86. The summed E-state index contributed by atoms with van der Waals surface area (Å²) in [5.74, 6) is 0. The molecule has 1 unspecified atom stereocenters. The maximum Gasteiger partial charge on any atom is 0.0959 e. The Morgan fingerprint density at radius 2 is 1.64 bits per heavy atom. The standard InChI is InChI=1S/C11H23N2O/c1-7-11(8-2)9(3)12(6)10(4,5)13(11)14/h9H,7-8H2,1-6H3. The zero-order chi connectivity index (χ0) is 11.1. The van der Waals surface area contributed by atoms with Crippen LogP contribution in [0.1, 0.15) is 47.5 Å². The first-order chi connectivity index (χ1) is 6.34. The molecule has 1 radical (unpaired) electrons. The Kier molecular flexibility index (Phi) is 2.96. The topological polar surface area (TPSA) is 26.4 Å². The van der Waals surface area contributed by atoms with Gasteiger partial charge < -0.3 is 0 Å². The summed E-state index contributed by atoms with van der Waals surface area (Å²) in [7, 11) is 2.04. The minimum Gasteiger partial charge on any atom is -0.282 e. The summed E-state index contributed by atoms with van der Waals surface area (Å²) in [6.07, 6.45) is 1.84. The van der Waals surface area contributed by atoms with Crippen molar-refractivity contribution in [2.24, 2.45) is 0 Å². The van der Waals surface area contributed by atoms with Gasteiger partial charge in [0.05, 0.1) is 11.2 Å². The van der Waals surface area contributed by atoms with E-state index in [1.165, 1.54) is 5.06 Å². The number of hydrogen-bond acceptors (Lipinski definition) is 2. The fourth-order valence-electron chi connectivity index (χ4n) is 2.82. The van der Waals surface area contributed by atoms with Crippen LogP contribution in [-0.4, -0.2) is 34.3 Å². The largest absolute Gasteiger partial charge is 0.282 e. The van der Waals surface area contributed by atoms with Crippen molar-refractivity contribution in [2.75, 3.05) is 7.05 Å². The summed E-state index contributed by atoms with van der Waals surface area (Å²) in [5.41, 5.74) is -0.566. The molecular formula is C11H23N2O. The number of likely N-dealkylation sites (N-methyl/N-ethyl adjacent to an activating group) is 1. The molecule has 1 atom stereocenters. The normalized spacial score (nSPS) is 32.4. The van der Waals surface area contributed by atoms with Crippen LogP contribution < -0.4 is 0 Å². The third kappa shape index (κ3) is 1.23. The van der Waals surface area contributed by atoms with Gasteiger partial charge in [0.25, 0.3) is 0 Å². The lowest BCUT2D eigenvalue weighted by Crippen LogP contribution is -2.51. The molecule has 1 rings (SSSR count). The third-order valence-electron chi connectivity index (χ3n) is 4.35. The Balaban J connectivity index is 3.11. The second kappa shape index (κ2) is 3.47. The van der Waals surface area contributed by atoms with Crippen LogP contribution in [-0.2, 0) is 5.21 Å². The van der Waals surface area contributed by atoms with Gasteiger partial charge in [-0.15, -0.1) is 10.3 Å². The summed E-state index contributed by atoms with van der Waals surface area (Å²) in [4.78, 5) is 2.19. The SMILES string of the molecule is CCC1(CC)C(C)N(C)C(C)(C)N1[O]. The van der Waals surface area contributed by atoms with Crippen molar-refractivity contribution in [1.29, 1.82) is 0 Å². The van der Waals surface area contributed by atoms with Crippen molar-refractivity contribution in [3.05, 3.63) is 0 Å². The van der Waals surface area contributed by atoms with Crippen molar-refractivity contribution in [2.45, 2.75) is 64.7 Å². The number of hydroxylamine groups is 2. The third-order valence-corrected chi connectivity index (χ3v) is 4.35. The Hall–Kier alpha value is -0.120. The van der Waals surface area contributed by atoms with E-state index in [-0.39, 0.29) is 11.2 Å². The van der Waals surface area contributed by atoms with E-state index in [0.29, 0.717) is 6.04 Å². The monoisotopic (exact) mass is 199 g/mol. The van der Waals surface area contributed by atoms with Gasteiger partial charge in [0.2, 0.25) is 0 Å². The van der Waals surface area contributed by atoms with Crippen LogP contribution in [0.15, 0.2) is 0 Å². The van der Waals surface area contributed by atoms with Gasteiger partial charge in [0, 0.05) is 6.04 Å². The first-order valence-corrected chi connectivity index (χ1v) is 5.55. The summed E-state index contributed by atoms with van der Waals surface area (Å²) in [5, 5.41) is 13.6. The van der Waals surface area contributed by atoms with Gasteiger partial charge >= 0.3 is 0 Å². The van der Waals surface area contributed by atoms with Crippen LogP contribution in [0, 0.1) is 0 Å². The Labute approximate surface area is 87.7 Å². The second-order valence-corrected chi connectivity index (χ2v) is 4.89. The average molecular weight is 199 g/mol. The molecule has 83 valence electrons. The van der Waals surface area contributed by atoms with Gasteiger partial charge in [-0.3, -0.25) is 4.90 Å². The molecule has 1 aliphatic rings. The fourth-order valence-corrected chi connectivity index (χ4v) is 2.82. The molecule has 1 fully saturated rings. The van der Waals surface area contributed by atoms with E-state index in [9.17, 15) is 5.21 Å². The molecule has 1 saturated heterocycles. The summed E-state index contributed by atoms with van der Waals surface area (Å²) in [6, 6.07) is 0.324. The highest BCUT2D eigenvalue weighted by atomic mass is 16.5. The van der Waals surface area contributed by atoms with Gasteiger partial charge in [-0.25, -0.2) is 0 Å². The van der Waals surface area contributed by atoms with Crippen molar-refractivity contribution in [1.82, 2.24) is 9.96 Å². The van der Waals surface area contributed by atoms with Crippen LogP contribution >= 0.6 is 0 Å². The molecule has 0 aromatic carbocycles. The van der Waals surface area contributed by atoms with Gasteiger partial charge in [0.1, 0.15) is 0 Å². The van der Waals surface area contributed by atoms with E-state index in [1.807, 2.05) is 20.9 Å². The highest BCUT2D eigenvalue weighted by Crippen LogP contribution is 2.43. The molecular weight excluding hydrogens is 176 g/mol. The Morgan fingerprint density at radius 3 is 1.79 bits per heavy atom. The average Bonchev–Trinajstić information content (AvgIpc) is 2.29. The highest BCUT2D eigenvalue weighted by Gasteiger charge is 2.57. The number of rotatable bonds is 2. The van der Waals surface area contributed by atoms with Crippen molar-refractivity contribution < 1.29 is 5.21 Å². The lowest BCUT2D eigenvalue weighted by molar-refractivity contribution is -0.266. The summed E-state index contributed by atoms with van der Waals surface area (Å²) in [6.45, 7) is 10.4. The van der Waals surface area contributed by atoms with Gasteiger partial charge in [0.15, 0.2) is 0 Å². The predicted molar refractivity (Wildman–Crippen MR) is 57.1 cm³/mol. The summed E-state index contributed by atoms with van der Waals surface area (Å²) >= 11 is 0. The molecule has 0 saturated carbocycles. The maximum absolute atomic E-state index is 12.3. The molecule has 3 nitrogen and oxygen atoms in total. The zero-order valence-electron chi connectivity index (χ0n) is 10.3. The van der Waals surface area contributed by atoms with Gasteiger partial charge in [-0.05, 0) is 40.7 Å². The van der Waals surface area contributed by atoms with Crippen LogP contribution in [0.4, 0.5) is 0 Å². The smallest absolute Gasteiger partial charge is 0.0959 e. The quantitative estimate of drug-likeness (QED) is 0.682. The first kappa shape index (κ1) is 12.0. The minimum absolute atomic E-state index is 0.196. The number of nitrogens with zero attached hydrogens (tertiary/aromatic N) is 2. The van der Waals surface area contributed by atoms with Crippen LogP contribution in [0.2, 0.25) is 0 Å². The summed E-state index contributed by atoms with van der Waals surface area (Å²) < 4.78 is 0. The Bertz CT molecular complexity index is 211. The van der Waals surface area contributed by atoms with Crippen molar-refractivity contribution in [3.63, 3.8) is 0 Å². The molecule has 0 aliphatic carbocycles. The molecule has 0 N–H and O–H groups in total. The van der Waals surface area contributed by atoms with E-state index in [2.05, 4.69) is 25.7 Å². The van der Waals surface area contributed by atoms with Crippen LogP contribution in [0.25, 0.3) is 0 Å². The molecule has 0 aromatic rings. The second-order valence-electron chi connectivity index (χ2n) is 4.89. The molecule has 14 heavy (non-hydrogen) atoms. The van der Waals surface area contributed by atoms with Crippen LogP contribution in [0.5, 0.6) is 0 Å². The maximum atomic E-state index is 12.3. The molecule has 0 aromatic heterocycles. The first-order valence-electron chi connectivity index (χ1n) is 5.55. The molecule has 0 spiro atoms. The van der Waals surface area contributed by atoms with Crippen molar-refractivity contribution in [3.8, 4) is 0 Å². The molecule has 1 aliphatic heterocycles. The van der Waals surface area contributed by atoms with Crippen LogP contribution in [0.3, 0.4) is 0 Å². The van der Waals surface area contributed by atoms with E-state index in [4.69, 9.17) is 0 Å². The zero-order valence-corrected chi connectivity index (χ0v) is 10.3. The van der Waals surface area contributed by atoms with E-state index < -0.39 is 0 Å². The predicted octanol–water partition coefficient (Wildman–Crippen LogP) is 2.26. The molecule has 0 bridgehead atoms. The van der Waals surface area contributed by atoms with E-state index in [0.717, 1.165) is 12.8 Å². The molecule has 1 heterocycles.